The summed E-state index contributed by atoms with van der Waals surface area (Å²) >= 11 is 0. The Morgan fingerprint density at radius 3 is 2.31 bits per heavy atom. The molecule has 1 aliphatic rings. The van der Waals surface area contributed by atoms with Gasteiger partial charge in [0.05, 0.1) is 11.5 Å². The standard InChI is InChI=1S/C10H13NO2/c1-7(5-11)4-10(8(12)13)6-9(10,2)3/h4H,6H2,1-3H3,(H,12,13)/b7-4+. The lowest BCUT2D eigenvalue weighted by molar-refractivity contribution is -0.142. The van der Waals surface area contributed by atoms with Gasteiger partial charge in [-0.1, -0.05) is 19.9 Å². The molecule has 0 heterocycles. The first-order valence-corrected chi connectivity index (χ1v) is 4.19. The Bertz CT molecular complexity index is 322. The van der Waals surface area contributed by atoms with Gasteiger partial charge in [0, 0.05) is 5.57 Å². The van der Waals surface area contributed by atoms with Crippen molar-refractivity contribution in [3.05, 3.63) is 11.6 Å². The third-order valence-electron chi connectivity index (χ3n) is 2.82. The van der Waals surface area contributed by atoms with Gasteiger partial charge >= 0.3 is 5.97 Å². The van der Waals surface area contributed by atoms with E-state index < -0.39 is 11.4 Å². The lowest BCUT2D eigenvalue weighted by Crippen LogP contribution is -2.18. The summed E-state index contributed by atoms with van der Waals surface area (Å²) in [7, 11) is 0. The molecular formula is C10H13NO2. The minimum atomic E-state index is -0.827. The molecule has 0 aromatic rings. The Morgan fingerprint density at radius 1 is 1.62 bits per heavy atom. The summed E-state index contributed by atoms with van der Waals surface area (Å²) in [4.78, 5) is 11.0. The molecule has 0 radical (unpaired) electrons. The average molecular weight is 179 g/mol. The van der Waals surface area contributed by atoms with E-state index in [0.717, 1.165) is 0 Å². The zero-order valence-corrected chi connectivity index (χ0v) is 8.09. The first-order chi connectivity index (χ1) is 5.85. The highest BCUT2D eigenvalue weighted by molar-refractivity contribution is 5.82. The molecule has 1 fully saturated rings. The highest BCUT2D eigenvalue weighted by Crippen LogP contribution is 2.64. The lowest BCUT2D eigenvalue weighted by Gasteiger charge is -2.10. The van der Waals surface area contributed by atoms with Crippen molar-refractivity contribution in [1.29, 1.82) is 5.26 Å². The Balaban J connectivity index is 3.01. The topological polar surface area (TPSA) is 61.1 Å². The second kappa shape index (κ2) is 2.59. The van der Waals surface area contributed by atoms with Crippen LogP contribution in [0.5, 0.6) is 0 Å². The highest BCUT2D eigenvalue weighted by atomic mass is 16.4. The first kappa shape index (κ1) is 9.79. The highest BCUT2D eigenvalue weighted by Gasteiger charge is 2.65. The van der Waals surface area contributed by atoms with Crippen LogP contribution in [0.3, 0.4) is 0 Å². The zero-order chi connectivity index (χ0) is 10.3. The van der Waals surface area contributed by atoms with Crippen molar-refractivity contribution < 1.29 is 9.90 Å². The molecule has 0 bridgehead atoms. The maximum Gasteiger partial charge on any atom is 0.314 e. The van der Waals surface area contributed by atoms with E-state index in [1.54, 1.807) is 13.0 Å². The van der Waals surface area contributed by atoms with Gasteiger partial charge in [-0.3, -0.25) is 4.79 Å². The Hall–Kier alpha value is -1.30. The van der Waals surface area contributed by atoms with Crippen LogP contribution in [0.25, 0.3) is 0 Å². The summed E-state index contributed by atoms with van der Waals surface area (Å²) in [5, 5.41) is 17.6. The predicted octanol–water partition coefficient (Wildman–Crippen LogP) is 1.96. The van der Waals surface area contributed by atoms with Crippen LogP contribution in [0.15, 0.2) is 11.6 Å². The minimum absolute atomic E-state index is 0.211. The number of hydrogen-bond donors (Lipinski definition) is 1. The molecule has 3 nitrogen and oxygen atoms in total. The van der Waals surface area contributed by atoms with Crippen molar-refractivity contribution in [3.8, 4) is 6.07 Å². The number of carboxylic acids is 1. The third-order valence-corrected chi connectivity index (χ3v) is 2.82. The van der Waals surface area contributed by atoms with Gasteiger partial charge in [-0.2, -0.15) is 5.26 Å². The number of allylic oxidation sites excluding steroid dienone is 1. The van der Waals surface area contributed by atoms with E-state index in [9.17, 15) is 4.79 Å². The number of nitrogens with zero attached hydrogens (tertiary/aromatic N) is 1. The summed E-state index contributed by atoms with van der Waals surface area (Å²) in [5.41, 5.74) is -0.531. The Morgan fingerprint density at radius 2 is 2.08 bits per heavy atom. The van der Waals surface area contributed by atoms with Gasteiger partial charge in [0.25, 0.3) is 0 Å². The van der Waals surface area contributed by atoms with Crippen LogP contribution in [0.2, 0.25) is 0 Å². The van der Waals surface area contributed by atoms with Gasteiger partial charge in [0.1, 0.15) is 0 Å². The maximum absolute atomic E-state index is 11.0. The normalized spacial score (nSPS) is 30.8. The minimum Gasteiger partial charge on any atom is -0.481 e. The SMILES string of the molecule is C/C(C#N)=C\C1(C(=O)O)CC1(C)C. The number of nitriles is 1. The predicted molar refractivity (Wildman–Crippen MR) is 47.8 cm³/mol. The van der Waals surface area contributed by atoms with Crippen LogP contribution < -0.4 is 0 Å². The van der Waals surface area contributed by atoms with Crippen LogP contribution in [-0.2, 0) is 4.79 Å². The maximum atomic E-state index is 11.0. The molecule has 1 aliphatic carbocycles. The fourth-order valence-corrected chi connectivity index (χ4v) is 1.73. The molecule has 0 aromatic heterocycles. The van der Waals surface area contributed by atoms with E-state index in [2.05, 4.69) is 0 Å². The van der Waals surface area contributed by atoms with E-state index in [4.69, 9.17) is 10.4 Å². The fraction of sp³-hybridized carbons (Fsp3) is 0.600. The molecule has 13 heavy (non-hydrogen) atoms. The molecule has 0 saturated heterocycles. The van der Waals surface area contributed by atoms with Gasteiger partial charge in [-0.25, -0.2) is 0 Å². The Labute approximate surface area is 77.7 Å². The fourth-order valence-electron chi connectivity index (χ4n) is 1.73. The van der Waals surface area contributed by atoms with E-state index in [0.29, 0.717) is 12.0 Å². The number of hydrogen-bond acceptors (Lipinski definition) is 2. The van der Waals surface area contributed by atoms with E-state index in [-0.39, 0.29) is 5.41 Å². The van der Waals surface area contributed by atoms with E-state index in [1.807, 2.05) is 19.9 Å². The van der Waals surface area contributed by atoms with Gasteiger partial charge in [0.2, 0.25) is 0 Å². The molecule has 0 spiro atoms. The number of carboxylic acid groups (broad SMARTS) is 1. The molecule has 1 saturated carbocycles. The third kappa shape index (κ3) is 1.33. The smallest absolute Gasteiger partial charge is 0.314 e. The molecular weight excluding hydrogens is 166 g/mol. The molecule has 0 amide bonds. The molecule has 1 N–H and O–H groups in total. The monoisotopic (exact) mass is 179 g/mol. The summed E-state index contributed by atoms with van der Waals surface area (Å²) in [5.74, 6) is -0.827. The van der Waals surface area contributed by atoms with Crippen LogP contribution in [0.1, 0.15) is 27.2 Å². The van der Waals surface area contributed by atoms with Crippen molar-refractivity contribution in [3.63, 3.8) is 0 Å². The molecule has 1 rings (SSSR count). The second-order valence-electron chi connectivity index (χ2n) is 4.28. The number of carbonyl (C=O) groups is 1. The summed E-state index contributed by atoms with van der Waals surface area (Å²) in [6.45, 7) is 5.45. The molecule has 1 atom stereocenters. The number of aliphatic carboxylic acids is 1. The van der Waals surface area contributed by atoms with E-state index >= 15 is 0 Å². The van der Waals surface area contributed by atoms with E-state index in [1.165, 1.54) is 0 Å². The van der Waals surface area contributed by atoms with Crippen LogP contribution >= 0.6 is 0 Å². The second-order valence-corrected chi connectivity index (χ2v) is 4.28. The molecule has 70 valence electrons. The molecule has 1 unspecified atom stereocenters. The lowest BCUT2D eigenvalue weighted by atomic mass is 9.94. The molecule has 3 heteroatoms. The largest absolute Gasteiger partial charge is 0.481 e. The molecule has 0 aliphatic heterocycles. The number of rotatable bonds is 2. The van der Waals surface area contributed by atoms with Crippen molar-refractivity contribution >= 4 is 5.97 Å². The molecule has 0 aromatic carbocycles. The summed E-state index contributed by atoms with van der Waals surface area (Å²) in [6.07, 6.45) is 2.20. The van der Waals surface area contributed by atoms with Gasteiger partial charge in [0.15, 0.2) is 0 Å². The average Bonchev–Trinajstić information content (AvgIpc) is 2.54. The van der Waals surface area contributed by atoms with Crippen molar-refractivity contribution in [2.45, 2.75) is 27.2 Å². The quantitative estimate of drug-likeness (QED) is 0.659. The summed E-state index contributed by atoms with van der Waals surface area (Å²) < 4.78 is 0. The van der Waals surface area contributed by atoms with Gasteiger partial charge < -0.3 is 5.11 Å². The van der Waals surface area contributed by atoms with Gasteiger partial charge in [-0.05, 0) is 18.8 Å². The zero-order valence-electron chi connectivity index (χ0n) is 8.09. The summed E-state index contributed by atoms with van der Waals surface area (Å²) in [6, 6.07) is 1.95. The Kier molecular flexibility index (Phi) is 1.95. The van der Waals surface area contributed by atoms with Crippen LogP contribution in [0.4, 0.5) is 0 Å². The van der Waals surface area contributed by atoms with Crippen molar-refractivity contribution in [2.24, 2.45) is 10.8 Å². The first-order valence-electron chi connectivity index (χ1n) is 4.19. The van der Waals surface area contributed by atoms with Gasteiger partial charge in [-0.15, -0.1) is 0 Å². The van der Waals surface area contributed by atoms with Crippen molar-refractivity contribution in [2.75, 3.05) is 0 Å². The van der Waals surface area contributed by atoms with Crippen molar-refractivity contribution in [1.82, 2.24) is 0 Å². The van der Waals surface area contributed by atoms with Crippen LogP contribution in [0, 0.1) is 22.2 Å². The van der Waals surface area contributed by atoms with Crippen LogP contribution in [-0.4, -0.2) is 11.1 Å².